The Bertz CT molecular complexity index is 435. The topological polar surface area (TPSA) is 93.7 Å². The number of nitrogens with two attached hydrogens (primary N) is 1. The Morgan fingerprint density at radius 3 is 2.79 bits per heavy atom. The highest BCUT2D eigenvalue weighted by Crippen LogP contribution is 2.29. The number of methoxy groups -OCH3 is 1. The number of likely N-dealkylation sites (N-methyl/N-ethyl adjacent to an activating group) is 1. The van der Waals surface area contributed by atoms with Crippen LogP contribution >= 0.6 is 0 Å². The highest BCUT2D eigenvalue weighted by Gasteiger charge is 2.32. The molecule has 106 valence electrons. The number of nitrogens with zero attached hydrogens (tertiary/aromatic N) is 3. The summed E-state index contributed by atoms with van der Waals surface area (Å²) < 4.78 is 10.3. The van der Waals surface area contributed by atoms with E-state index in [2.05, 4.69) is 9.97 Å². The monoisotopic (exact) mass is 268 g/mol. The van der Waals surface area contributed by atoms with Crippen LogP contribution in [0.25, 0.3) is 0 Å². The van der Waals surface area contributed by atoms with E-state index >= 15 is 0 Å². The van der Waals surface area contributed by atoms with Crippen LogP contribution in [0.1, 0.15) is 12.8 Å². The SMILES string of the molecule is COc1ncnc(N(C)CC2(O)CCOCC2)c1N. The second-order valence-electron chi connectivity index (χ2n) is 4.81. The van der Waals surface area contributed by atoms with Gasteiger partial charge in [-0.05, 0) is 0 Å². The van der Waals surface area contributed by atoms with Gasteiger partial charge in [-0.3, -0.25) is 0 Å². The molecular formula is C12H20N4O3. The molecule has 1 aliphatic rings. The van der Waals surface area contributed by atoms with E-state index < -0.39 is 5.60 Å². The minimum Gasteiger partial charge on any atom is -0.479 e. The van der Waals surface area contributed by atoms with Gasteiger partial charge in [-0.1, -0.05) is 0 Å². The third-order valence-electron chi connectivity index (χ3n) is 3.34. The molecule has 2 rings (SSSR count). The van der Waals surface area contributed by atoms with Crippen molar-refractivity contribution in [2.24, 2.45) is 0 Å². The van der Waals surface area contributed by atoms with Gasteiger partial charge in [0.2, 0.25) is 5.88 Å². The van der Waals surface area contributed by atoms with Gasteiger partial charge in [0.15, 0.2) is 5.82 Å². The third kappa shape index (κ3) is 3.05. The molecule has 0 unspecified atom stereocenters. The Morgan fingerprint density at radius 1 is 1.47 bits per heavy atom. The molecule has 1 aromatic heterocycles. The summed E-state index contributed by atoms with van der Waals surface area (Å²) in [7, 11) is 3.35. The number of aromatic nitrogens is 2. The lowest BCUT2D eigenvalue weighted by molar-refractivity contribution is -0.0573. The van der Waals surface area contributed by atoms with Crippen molar-refractivity contribution < 1.29 is 14.6 Å². The molecule has 0 radical (unpaired) electrons. The summed E-state index contributed by atoms with van der Waals surface area (Å²) in [5.41, 5.74) is 5.56. The molecule has 19 heavy (non-hydrogen) atoms. The maximum Gasteiger partial charge on any atom is 0.242 e. The molecule has 0 atom stereocenters. The molecule has 1 aliphatic heterocycles. The minimum absolute atomic E-state index is 0.343. The maximum atomic E-state index is 10.5. The van der Waals surface area contributed by atoms with Gasteiger partial charge in [0.25, 0.3) is 0 Å². The van der Waals surface area contributed by atoms with Crippen LogP contribution in [-0.2, 0) is 4.74 Å². The molecule has 0 aliphatic carbocycles. The lowest BCUT2D eigenvalue weighted by Gasteiger charge is -2.36. The van der Waals surface area contributed by atoms with E-state index in [1.54, 1.807) is 0 Å². The first-order valence-electron chi connectivity index (χ1n) is 6.21. The van der Waals surface area contributed by atoms with Gasteiger partial charge >= 0.3 is 0 Å². The van der Waals surface area contributed by atoms with Gasteiger partial charge in [-0.2, -0.15) is 4.98 Å². The molecule has 0 saturated carbocycles. The van der Waals surface area contributed by atoms with E-state index in [0.29, 0.717) is 50.0 Å². The third-order valence-corrected chi connectivity index (χ3v) is 3.34. The zero-order valence-corrected chi connectivity index (χ0v) is 11.3. The highest BCUT2D eigenvalue weighted by atomic mass is 16.5. The first kappa shape index (κ1) is 13.8. The normalized spacial score (nSPS) is 18.1. The van der Waals surface area contributed by atoms with E-state index in [4.69, 9.17) is 15.2 Å². The van der Waals surface area contributed by atoms with Crippen LogP contribution in [0.5, 0.6) is 5.88 Å². The van der Waals surface area contributed by atoms with E-state index in [0.717, 1.165) is 0 Å². The molecule has 0 bridgehead atoms. The van der Waals surface area contributed by atoms with E-state index in [9.17, 15) is 5.11 Å². The van der Waals surface area contributed by atoms with Crippen molar-refractivity contribution in [2.75, 3.05) is 44.5 Å². The Kier molecular flexibility index (Phi) is 4.06. The molecule has 3 N–H and O–H groups in total. The van der Waals surface area contributed by atoms with Crippen LogP contribution in [0.2, 0.25) is 0 Å². The minimum atomic E-state index is -0.766. The molecule has 0 spiro atoms. The Balaban J connectivity index is 2.13. The number of anilines is 2. The lowest BCUT2D eigenvalue weighted by Crippen LogP contribution is -2.46. The van der Waals surface area contributed by atoms with Gasteiger partial charge in [0, 0.05) is 39.6 Å². The number of ether oxygens (including phenoxy) is 2. The predicted molar refractivity (Wildman–Crippen MR) is 71.3 cm³/mol. The van der Waals surface area contributed by atoms with Crippen LogP contribution < -0.4 is 15.4 Å². The summed E-state index contributed by atoms with van der Waals surface area (Å²) in [6.07, 6.45) is 2.62. The number of aliphatic hydroxyl groups is 1. The van der Waals surface area contributed by atoms with Gasteiger partial charge in [0.1, 0.15) is 12.0 Å². The summed E-state index contributed by atoms with van der Waals surface area (Å²) in [6.45, 7) is 1.60. The zero-order valence-electron chi connectivity index (χ0n) is 11.3. The van der Waals surface area contributed by atoms with Crippen LogP contribution in [0.4, 0.5) is 11.5 Å². The van der Waals surface area contributed by atoms with Crippen molar-refractivity contribution in [1.29, 1.82) is 0 Å². The van der Waals surface area contributed by atoms with E-state index in [1.165, 1.54) is 13.4 Å². The van der Waals surface area contributed by atoms with Crippen molar-refractivity contribution in [2.45, 2.75) is 18.4 Å². The largest absolute Gasteiger partial charge is 0.479 e. The fraction of sp³-hybridized carbons (Fsp3) is 0.667. The summed E-state index contributed by atoms with van der Waals surface area (Å²) in [5.74, 6) is 0.905. The summed E-state index contributed by atoms with van der Waals surface area (Å²) in [5, 5.41) is 10.5. The Labute approximate surface area is 112 Å². The van der Waals surface area contributed by atoms with Crippen molar-refractivity contribution in [1.82, 2.24) is 9.97 Å². The molecule has 0 aromatic carbocycles. The number of hydrogen-bond donors (Lipinski definition) is 2. The zero-order chi connectivity index (χ0) is 13.9. The van der Waals surface area contributed by atoms with Crippen LogP contribution in [0.3, 0.4) is 0 Å². The quantitative estimate of drug-likeness (QED) is 0.796. The van der Waals surface area contributed by atoms with E-state index in [-0.39, 0.29) is 0 Å². The molecular weight excluding hydrogens is 248 g/mol. The first-order valence-corrected chi connectivity index (χ1v) is 6.21. The first-order chi connectivity index (χ1) is 9.06. The molecule has 7 nitrogen and oxygen atoms in total. The van der Waals surface area contributed by atoms with Gasteiger partial charge in [0.05, 0.1) is 12.7 Å². The van der Waals surface area contributed by atoms with Crippen molar-refractivity contribution >= 4 is 11.5 Å². The Hall–Kier alpha value is -1.60. The molecule has 7 heteroatoms. The summed E-state index contributed by atoms with van der Waals surface area (Å²) in [6, 6.07) is 0. The van der Waals surface area contributed by atoms with Crippen molar-refractivity contribution in [3.8, 4) is 5.88 Å². The smallest absolute Gasteiger partial charge is 0.242 e. The average Bonchev–Trinajstić information content (AvgIpc) is 2.39. The predicted octanol–water partition coefficient (Wildman–Crippen LogP) is 0.0451. The molecule has 1 aromatic rings. The summed E-state index contributed by atoms with van der Waals surface area (Å²) in [4.78, 5) is 9.91. The van der Waals surface area contributed by atoms with Crippen LogP contribution in [-0.4, -0.2) is 54.6 Å². The average molecular weight is 268 g/mol. The van der Waals surface area contributed by atoms with Crippen molar-refractivity contribution in [3.05, 3.63) is 6.33 Å². The van der Waals surface area contributed by atoms with Gasteiger partial charge in [-0.25, -0.2) is 4.98 Å². The van der Waals surface area contributed by atoms with E-state index in [1.807, 2.05) is 11.9 Å². The summed E-state index contributed by atoms with van der Waals surface area (Å²) >= 11 is 0. The van der Waals surface area contributed by atoms with Gasteiger partial charge < -0.3 is 25.2 Å². The Morgan fingerprint density at radius 2 is 2.16 bits per heavy atom. The highest BCUT2D eigenvalue weighted by molar-refractivity contribution is 5.67. The standard InChI is InChI=1S/C12H20N4O3/c1-16(7-12(17)3-5-19-6-4-12)10-9(13)11(18-2)15-8-14-10/h8,17H,3-7,13H2,1-2H3. The second-order valence-corrected chi connectivity index (χ2v) is 4.81. The molecule has 1 fully saturated rings. The molecule has 1 saturated heterocycles. The second kappa shape index (κ2) is 5.58. The van der Waals surface area contributed by atoms with Crippen LogP contribution in [0.15, 0.2) is 6.33 Å². The fourth-order valence-corrected chi connectivity index (χ4v) is 2.26. The van der Waals surface area contributed by atoms with Crippen molar-refractivity contribution in [3.63, 3.8) is 0 Å². The lowest BCUT2D eigenvalue weighted by atomic mass is 9.94. The number of nitrogen functional groups attached to an aromatic ring is 1. The fourth-order valence-electron chi connectivity index (χ4n) is 2.26. The van der Waals surface area contributed by atoms with Gasteiger partial charge in [-0.15, -0.1) is 0 Å². The molecule has 0 amide bonds. The maximum absolute atomic E-state index is 10.5. The number of rotatable bonds is 4. The molecule has 2 heterocycles. The number of hydrogen-bond acceptors (Lipinski definition) is 7. The van der Waals surface area contributed by atoms with Crippen LogP contribution in [0, 0.1) is 0 Å².